The number of nitrogens with zero attached hydrogens (tertiary/aromatic N) is 2. The second kappa shape index (κ2) is 16.9. The zero-order chi connectivity index (χ0) is 37.8. The van der Waals surface area contributed by atoms with Gasteiger partial charge < -0.3 is 39.4 Å². The first-order valence-corrected chi connectivity index (χ1v) is 19.3. The molecule has 3 aliphatic heterocycles. The van der Waals surface area contributed by atoms with E-state index >= 15 is 0 Å². The maximum Gasteiger partial charge on any atom is 0.293 e. The summed E-state index contributed by atoms with van der Waals surface area (Å²) in [5, 5.41) is 6.92. The Morgan fingerprint density at radius 2 is 1.76 bits per heavy atom. The molecule has 13 heteroatoms. The molecule has 2 saturated heterocycles. The first kappa shape index (κ1) is 37.8. The standard InChI is InChI=1S/C41H46BrFN4O7/c1-51-31-14-26(15-32(18-31)52-2)21-47(30-10-11-30)41(50)39-34(17-29-22-46(23-37(39)45-29)40(49)36-19-33(20-44-36)54-24-48)27-7-5-25(6-8-27)4-3-13-53-38-16-28(43)9-12-35(38)42/h5-9,12,14-16,18,24,29-30,33,36-37,44-45H,3-4,10-11,13,17,19-23H2,1-2H3/t29-,33+,36-,37-/m0/s1. The third-order valence-corrected chi connectivity index (χ3v) is 11.3. The minimum atomic E-state index is -0.448. The van der Waals surface area contributed by atoms with Crippen LogP contribution in [0.5, 0.6) is 17.2 Å². The number of carbonyl (C=O) groups excluding carboxylic acids is 3. The van der Waals surface area contributed by atoms with Crippen molar-refractivity contribution in [3.63, 3.8) is 0 Å². The highest BCUT2D eigenvalue weighted by atomic mass is 79.9. The van der Waals surface area contributed by atoms with E-state index in [4.69, 9.17) is 18.9 Å². The Labute approximate surface area is 323 Å². The van der Waals surface area contributed by atoms with Gasteiger partial charge in [0.2, 0.25) is 5.91 Å². The number of methoxy groups -OCH3 is 2. The minimum absolute atomic E-state index is 0.0392. The lowest BCUT2D eigenvalue weighted by Gasteiger charge is -2.45. The summed E-state index contributed by atoms with van der Waals surface area (Å²) in [6, 6.07) is 17.7. The summed E-state index contributed by atoms with van der Waals surface area (Å²) < 4.78 is 36.4. The third-order valence-electron chi connectivity index (χ3n) is 10.7. The fourth-order valence-electron chi connectivity index (χ4n) is 7.82. The lowest BCUT2D eigenvalue weighted by Crippen LogP contribution is -2.63. The quantitative estimate of drug-likeness (QED) is 0.161. The predicted molar refractivity (Wildman–Crippen MR) is 204 cm³/mol. The molecule has 2 N–H and O–H groups in total. The highest BCUT2D eigenvalue weighted by Gasteiger charge is 2.45. The lowest BCUT2D eigenvalue weighted by molar-refractivity contribution is -0.137. The first-order chi connectivity index (χ1) is 26.2. The predicted octanol–water partition coefficient (Wildman–Crippen LogP) is 5.04. The molecule has 1 saturated carbocycles. The Bertz CT molecular complexity index is 1870. The number of nitrogens with one attached hydrogen (secondary N) is 2. The summed E-state index contributed by atoms with van der Waals surface area (Å²) in [6.45, 7) is 2.55. The number of ether oxygens (including phenoxy) is 4. The van der Waals surface area contributed by atoms with Crippen molar-refractivity contribution in [2.24, 2.45) is 0 Å². The van der Waals surface area contributed by atoms with Crippen molar-refractivity contribution in [3.8, 4) is 17.2 Å². The monoisotopic (exact) mass is 804 g/mol. The van der Waals surface area contributed by atoms with Crippen molar-refractivity contribution < 1.29 is 37.7 Å². The van der Waals surface area contributed by atoms with Crippen LogP contribution in [0.3, 0.4) is 0 Å². The lowest BCUT2D eigenvalue weighted by atomic mass is 9.82. The van der Waals surface area contributed by atoms with Crippen molar-refractivity contribution in [2.75, 3.05) is 40.5 Å². The molecule has 286 valence electrons. The van der Waals surface area contributed by atoms with Crippen molar-refractivity contribution >= 4 is 39.8 Å². The summed E-state index contributed by atoms with van der Waals surface area (Å²) in [5.41, 5.74) is 4.72. The van der Waals surface area contributed by atoms with E-state index in [-0.39, 0.29) is 41.9 Å². The molecule has 2 bridgehead atoms. The number of rotatable bonds is 15. The second-order valence-electron chi connectivity index (χ2n) is 14.4. The van der Waals surface area contributed by atoms with E-state index in [1.165, 1.54) is 12.1 Å². The Balaban J connectivity index is 1.14. The van der Waals surface area contributed by atoms with Gasteiger partial charge in [-0.25, -0.2) is 4.39 Å². The molecule has 0 radical (unpaired) electrons. The van der Waals surface area contributed by atoms with Gasteiger partial charge in [-0.05, 0) is 94.6 Å². The summed E-state index contributed by atoms with van der Waals surface area (Å²) >= 11 is 3.41. The number of hydrogen-bond donors (Lipinski definition) is 2. The van der Waals surface area contributed by atoms with E-state index in [1.54, 1.807) is 20.3 Å². The molecular weight excluding hydrogens is 759 g/mol. The van der Waals surface area contributed by atoms with Gasteiger partial charge in [0.1, 0.15) is 29.2 Å². The fraction of sp³-hybridized carbons (Fsp3) is 0.439. The van der Waals surface area contributed by atoms with Crippen molar-refractivity contribution in [3.05, 3.63) is 93.2 Å². The van der Waals surface area contributed by atoms with Crippen molar-refractivity contribution in [1.82, 2.24) is 20.4 Å². The molecule has 0 aromatic heterocycles. The van der Waals surface area contributed by atoms with Crippen LogP contribution >= 0.6 is 15.9 Å². The molecule has 0 unspecified atom stereocenters. The van der Waals surface area contributed by atoms with Crippen LogP contribution in [0.2, 0.25) is 0 Å². The zero-order valence-electron chi connectivity index (χ0n) is 30.5. The van der Waals surface area contributed by atoms with Gasteiger partial charge in [-0.1, -0.05) is 24.3 Å². The van der Waals surface area contributed by atoms with E-state index in [2.05, 4.69) is 50.8 Å². The number of hydrogen-bond acceptors (Lipinski definition) is 9. The molecule has 3 fully saturated rings. The van der Waals surface area contributed by atoms with Crippen molar-refractivity contribution in [1.29, 1.82) is 0 Å². The number of amides is 2. The van der Waals surface area contributed by atoms with E-state index in [1.807, 2.05) is 28.0 Å². The molecule has 4 aliphatic rings. The molecule has 2 amide bonds. The highest BCUT2D eigenvalue weighted by Crippen LogP contribution is 2.38. The number of piperazine rings is 1. The SMILES string of the molecule is COc1cc(CN(C(=O)C2=C(c3ccc(CCCOc4cc(F)ccc4Br)cc3)C[C@H]3CN(C(=O)[C@@H]4C[C@@H](OC=O)CN4)C[C@@H]2N3)C2CC2)cc(OC)c1. The fourth-order valence-corrected chi connectivity index (χ4v) is 8.18. The summed E-state index contributed by atoms with van der Waals surface area (Å²) in [7, 11) is 3.23. The highest BCUT2D eigenvalue weighted by molar-refractivity contribution is 9.10. The Hall–Kier alpha value is -4.46. The van der Waals surface area contributed by atoms with E-state index in [0.29, 0.717) is 79.4 Å². The Morgan fingerprint density at radius 3 is 2.46 bits per heavy atom. The van der Waals surface area contributed by atoms with Crippen LogP contribution in [0, 0.1) is 5.82 Å². The number of fused-ring (bicyclic) bond motifs is 2. The summed E-state index contributed by atoms with van der Waals surface area (Å²) in [6.07, 6.45) is 4.03. The van der Waals surface area contributed by atoms with Crippen LogP contribution in [-0.4, -0.2) is 98.8 Å². The molecule has 4 atom stereocenters. The van der Waals surface area contributed by atoms with Crippen LogP contribution in [-0.2, 0) is 32.1 Å². The van der Waals surface area contributed by atoms with E-state index in [9.17, 15) is 18.8 Å². The van der Waals surface area contributed by atoms with Crippen LogP contribution in [0.1, 0.15) is 48.8 Å². The van der Waals surface area contributed by atoms with E-state index < -0.39 is 6.04 Å². The van der Waals surface area contributed by atoms with Crippen LogP contribution in [0.15, 0.2) is 70.7 Å². The average Bonchev–Trinajstić information content (AvgIpc) is 3.92. The van der Waals surface area contributed by atoms with Gasteiger partial charge in [0, 0.05) is 62.4 Å². The molecule has 54 heavy (non-hydrogen) atoms. The molecule has 3 aromatic rings. The summed E-state index contributed by atoms with van der Waals surface area (Å²) in [5.74, 6) is 1.37. The largest absolute Gasteiger partial charge is 0.497 e. The number of halogens is 2. The number of carbonyl (C=O) groups is 3. The molecule has 3 aromatic carbocycles. The Morgan fingerprint density at radius 1 is 1.00 bits per heavy atom. The topological polar surface area (TPSA) is 119 Å². The average molecular weight is 806 g/mol. The zero-order valence-corrected chi connectivity index (χ0v) is 32.1. The van der Waals surface area contributed by atoms with Crippen LogP contribution in [0.4, 0.5) is 4.39 Å². The molecule has 11 nitrogen and oxygen atoms in total. The van der Waals surface area contributed by atoms with Gasteiger partial charge in [-0.15, -0.1) is 0 Å². The van der Waals surface area contributed by atoms with Gasteiger partial charge in [0.15, 0.2) is 0 Å². The Kier molecular flexibility index (Phi) is 11.9. The molecular formula is C41H46BrFN4O7. The molecule has 0 spiro atoms. The van der Waals surface area contributed by atoms with Gasteiger partial charge in [-0.2, -0.15) is 0 Å². The van der Waals surface area contributed by atoms with Crippen molar-refractivity contribution in [2.45, 2.75) is 75.3 Å². The first-order valence-electron chi connectivity index (χ1n) is 18.5. The molecule has 7 rings (SSSR count). The van der Waals surface area contributed by atoms with Gasteiger partial charge in [-0.3, -0.25) is 14.4 Å². The van der Waals surface area contributed by atoms with Gasteiger partial charge in [0.05, 0.1) is 37.4 Å². The second-order valence-corrected chi connectivity index (χ2v) is 15.3. The third kappa shape index (κ3) is 8.74. The maximum atomic E-state index is 15.0. The van der Waals surface area contributed by atoms with Gasteiger partial charge >= 0.3 is 0 Å². The smallest absolute Gasteiger partial charge is 0.293 e. The molecule has 1 aliphatic carbocycles. The van der Waals surface area contributed by atoms with Crippen LogP contribution < -0.4 is 24.8 Å². The minimum Gasteiger partial charge on any atom is -0.497 e. The van der Waals surface area contributed by atoms with E-state index in [0.717, 1.165) is 47.9 Å². The van der Waals surface area contributed by atoms with Gasteiger partial charge in [0.25, 0.3) is 12.4 Å². The number of benzene rings is 3. The normalized spacial score (nSPS) is 22.1. The number of aryl methyl sites for hydroxylation is 1. The molecule has 3 heterocycles. The maximum absolute atomic E-state index is 15.0. The summed E-state index contributed by atoms with van der Waals surface area (Å²) in [4.78, 5) is 43.6. The van der Waals surface area contributed by atoms with Crippen LogP contribution in [0.25, 0.3) is 5.57 Å².